The second-order valence-corrected chi connectivity index (χ2v) is 6.26. The number of imidazole rings is 1. The fourth-order valence-electron chi connectivity index (χ4n) is 2.76. The molecule has 2 N–H and O–H groups in total. The smallest absolute Gasteiger partial charge is 0.191 e. The first kappa shape index (κ1) is 18.8. The molecule has 2 aromatic heterocycles. The molecule has 0 unspecified atom stereocenters. The Morgan fingerprint density at radius 1 is 1.11 bits per heavy atom. The summed E-state index contributed by atoms with van der Waals surface area (Å²) >= 11 is 0. The number of aliphatic imine (C=N–C) groups is 1. The molecule has 2 heterocycles. The number of nitrogens with zero attached hydrogens (tertiary/aromatic N) is 3. The average molecular weight is 365 g/mol. The Morgan fingerprint density at radius 3 is 2.74 bits per heavy atom. The second-order valence-electron chi connectivity index (χ2n) is 6.26. The average Bonchev–Trinajstić information content (AvgIpc) is 3.11. The van der Waals surface area contributed by atoms with E-state index in [0.717, 1.165) is 42.6 Å². The molecule has 0 aliphatic heterocycles. The molecule has 3 aromatic rings. The first-order valence-corrected chi connectivity index (χ1v) is 9.40. The number of guanidine groups is 1. The molecule has 0 fully saturated rings. The van der Waals surface area contributed by atoms with Crippen molar-refractivity contribution in [3.05, 3.63) is 66.1 Å². The fourth-order valence-corrected chi connectivity index (χ4v) is 2.76. The van der Waals surface area contributed by atoms with E-state index in [1.165, 1.54) is 5.69 Å². The van der Waals surface area contributed by atoms with Gasteiger partial charge in [-0.15, -0.1) is 0 Å². The van der Waals surface area contributed by atoms with Gasteiger partial charge in [-0.25, -0.2) is 9.98 Å². The largest absolute Gasteiger partial charge is 0.494 e. The summed E-state index contributed by atoms with van der Waals surface area (Å²) in [6.45, 7) is 6.95. The predicted molar refractivity (Wildman–Crippen MR) is 109 cm³/mol. The predicted octanol–water partition coefficient (Wildman–Crippen LogP) is 3.17. The molecule has 1 aromatic carbocycles. The van der Waals surface area contributed by atoms with Gasteiger partial charge in [-0.05, 0) is 44.5 Å². The monoisotopic (exact) mass is 365 g/mol. The Bertz CT molecular complexity index is 873. The number of pyridine rings is 1. The van der Waals surface area contributed by atoms with Crippen LogP contribution < -0.4 is 15.4 Å². The van der Waals surface area contributed by atoms with E-state index < -0.39 is 0 Å². The van der Waals surface area contributed by atoms with Crippen molar-refractivity contribution < 1.29 is 4.74 Å². The molecule has 0 saturated carbocycles. The summed E-state index contributed by atoms with van der Waals surface area (Å²) in [6, 6.07) is 16.0. The number of aryl methyl sites for hydroxylation is 1. The van der Waals surface area contributed by atoms with Crippen molar-refractivity contribution in [2.24, 2.45) is 4.99 Å². The van der Waals surface area contributed by atoms with Crippen LogP contribution in [0, 0.1) is 6.92 Å². The van der Waals surface area contributed by atoms with Gasteiger partial charge in [0.1, 0.15) is 11.4 Å². The number of rotatable bonds is 8. The lowest BCUT2D eigenvalue weighted by atomic mass is 10.3. The van der Waals surface area contributed by atoms with Gasteiger partial charge >= 0.3 is 0 Å². The normalized spacial score (nSPS) is 11.6. The van der Waals surface area contributed by atoms with Gasteiger partial charge in [0.15, 0.2) is 5.96 Å². The van der Waals surface area contributed by atoms with Crippen molar-refractivity contribution in [2.45, 2.75) is 26.8 Å². The number of benzene rings is 1. The van der Waals surface area contributed by atoms with Crippen molar-refractivity contribution in [2.75, 3.05) is 19.7 Å². The summed E-state index contributed by atoms with van der Waals surface area (Å²) < 4.78 is 7.80. The molecule has 142 valence electrons. The molecule has 0 bridgehead atoms. The zero-order chi connectivity index (χ0) is 18.9. The minimum Gasteiger partial charge on any atom is -0.494 e. The number of nitrogens with one attached hydrogen (secondary N) is 2. The number of para-hydroxylation sites is 1. The topological polar surface area (TPSA) is 63.0 Å². The minimum atomic E-state index is 0.539. The molecular weight excluding hydrogens is 338 g/mol. The second kappa shape index (κ2) is 9.62. The van der Waals surface area contributed by atoms with Crippen LogP contribution >= 0.6 is 0 Å². The quantitative estimate of drug-likeness (QED) is 0.366. The van der Waals surface area contributed by atoms with Gasteiger partial charge in [0.2, 0.25) is 0 Å². The molecular formula is C21H27N5O. The van der Waals surface area contributed by atoms with E-state index in [0.29, 0.717) is 13.2 Å². The number of fused-ring (bicyclic) bond motifs is 1. The molecule has 0 saturated heterocycles. The molecule has 6 nitrogen and oxygen atoms in total. The lowest BCUT2D eigenvalue weighted by molar-refractivity contribution is 0.311. The van der Waals surface area contributed by atoms with Crippen LogP contribution in [0.2, 0.25) is 0 Å². The van der Waals surface area contributed by atoms with E-state index >= 15 is 0 Å². The highest BCUT2D eigenvalue weighted by Gasteiger charge is 2.03. The highest BCUT2D eigenvalue weighted by atomic mass is 16.5. The highest BCUT2D eigenvalue weighted by molar-refractivity contribution is 5.79. The van der Waals surface area contributed by atoms with Crippen LogP contribution in [-0.4, -0.2) is 35.0 Å². The van der Waals surface area contributed by atoms with Gasteiger partial charge in [0.25, 0.3) is 0 Å². The van der Waals surface area contributed by atoms with Crippen LogP contribution in [0.5, 0.6) is 5.75 Å². The zero-order valence-electron chi connectivity index (χ0n) is 16.0. The van der Waals surface area contributed by atoms with E-state index in [1.807, 2.05) is 48.7 Å². The lowest BCUT2D eigenvalue weighted by Gasteiger charge is -2.11. The van der Waals surface area contributed by atoms with Crippen molar-refractivity contribution in [3.63, 3.8) is 0 Å². The Morgan fingerprint density at radius 2 is 1.96 bits per heavy atom. The maximum Gasteiger partial charge on any atom is 0.191 e. The number of hydrogen-bond acceptors (Lipinski definition) is 3. The van der Waals surface area contributed by atoms with Crippen LogP contribution in [0.3, 0.4) is 0 Å². The molecule has 0 aliphatic rings. The van der Waals surface area contributed by atoms with Crippen molar-refractivity contribution in [1.82, 2.24) is 20.0 Å². The molecule has 27 heavy (non-hydrogen) atoms. The molecule has 3 rings (SSSR count). The third-order valence-electron chi connectivity index (χ3n) is 4.11. The summed E-state index contributed by atoms with van der Waals surface area (Å²) in [6.07, 6.45) is 2.94. The minimum absolute atomic E-state index is 0.539. The lowest BCUT2D eigenvalue weighted by Crippen LogP contribution is -2.38. The third kappa shape index (κ3) is 5.48. The van der Waals surface area contributed by atoms with Gasteiger partial charge in [-0.1, -0.05) is 24.3 Å². The molecule has 0 atom stereocenters. The number of hydrogen-bond donors (Lipinski definition) is 2. The number of ether oxygens (including phenoxy) is 1. The summed E-state index contributed by atoms with van der Waals surface area (Å²) in [5.41, 5.74) is 3.07. The molecule has 6 heteroatoms. The Hall–Kier alpha value is -3.02. The van der Waals surface area contributed by atoms with Crippen molar-refractivity contribution >= 4 is 11.6 Å². The highest BCUT2D eigenvalue weighted by Crippen LogP contribution is 2.09. The fraction of sp³-hybridized carbons (Fsp3) is 0.333. The first-order chi connectivity index (χ1) is 13.3. The van der Waals surface area contributed by atoms with Gasteiger partial charge in [0.05, 0.1) is 18.8 Å². The van der Waals surface area contributed by atoms with Crippen molar-refractivity contribution in [1.29, 1.82) is 0 Å². The number of aromatic nitrogens is 2. The van der Waals surface area contributed by atoms with E-state index in [4.69, 9.17) is 4.74 Å². The Balaban J connectivity index is 1.49. The summed E-state index contributed by atoms with van der Waals surface area (Å²) in [5, 5.41) is 6.62. The van der Waals surface area contributed by atoms with Gasteiger partial charge < -0.3 is 19.8 Å². The molecule has 0 radical (unpaired) electrons. The van der Waals surface area contributed by atoms with E-state index in [9.17, 15) is 0 Å². The Kier molecular flexibility index (Phi) is 6.68. The summed E-state index contributed by atoms with van der Waals surface area (Å²) in [5.74, 6) is 1.70. The van der Waals surface area contributed by atoms with E-state index in [-0.39, 0.29) is 0 Å². The first-order valence-electron chi connectivity index (χ1n) is 9.40. The van der Waals surface area contributed by atoms with Crippen LogP contribution in [0.4, 0.5) is 0 Å². The van der Waals surface area contributed by atoms with E-state index in [2.05, 4.69) is 44.9 Å². The zero-order valence-corrected chi connectivity index (χ0v) is 16.0. The van der Waals surface area contributed by atoms with Crippen LogP contribution in [-0.2, 0) is 6.54 Å². The van der Waals surface area contributed by atoms with Crippen molar-refractivity contribution in [3.8, 4) is 5.75 Å². The molecule has 0 aliphatic carbocycles. The third-order valence-corrected chi connectivity index (χ3v) is 4.11. The maximum absolute atomic E-state index is 5.71. The molecule has 0 amide bonds. The van der Waals surface area contributed by atoms with Crippen LogP contribution in [0.25, 0.3) is 5.65 Å². The maximum atomic E-state index is 5.71. The summed E-state index contributed by atoms with van der Waals surface area (Å²) in [7, 11) is 0. The Labute approximate surface area is 160 Å². The van der Waals surface area contributed by atoms with Gasteiger partial charge in [-0.2, -0.15) is 0 Å². The van der Waals surface area contributed by atoms with Gasteiger partial charge in [0, 0.05) is 25.0 Å². The SMILES string of the molecule is CCNC(=NCc1cn2c(C)cccc2n1)NCCCOc1ccccc1. The molecule has 0 spiro atoms. The standard InChI is InChI=1S/C21H27N5O/c1-3-22-21(23-13-8-14-27-19-10-5-4-6-11-19)24-15-18-16-26-17(2)9-7-12-20(26)25-18/h4-7,9-12,16H,3,8,13-15H2,1-2H3,(H2,22,23,24). The summed E-state index contributed by atoms with van der Waals surface area (Å²) in [4.78, 5) is 9.27. The van der Waals surface area contributed by atoms with Gasteiger partial charge in [-0.3, -0.25) is 0 Å². The van der Waals surface area contributed by atoms with Crippen LogP contribution in [0.15, 0.2) is 59.7 Å². The van der Waals surface area contributed by atoms with E-state index in [1.54, 1.807) is 0 Å². The van der Waals surface area contributed by atoms with Crippen LogP contribution in [0.1, 0.15) is 24.7 Å².